The maximum atomic E-state index is 5.63. The zero-order valence-corrected chi connectivity index (χ0v) is 9.76. The summed E-state index contributed by atoms with van der Waals surface area (Å²) in [4.78, 5) is 10.2. The molecule has 0 radical (unpaired) electrons. The van der Waals surface area contributed by atoms with Crippen molar-refractivity contribution < 1.29 is 4.74 Å². The van der Waals surface area contributed by atoms with Crippen LogP contribution < -0.4 is 10.6 Å². The van der Waals surface area contributed by atoms with E-state index >= 15 is 0 Å². The van der Waals surface area contributed by atoms with Gasteiger partial charge in [0.2, 0.25) is 0 Å². The Morgan fingerprint density at radius 3 is 2.88 bits per heavy atom. The third-order valence-corrected chi connectivity index (χ3v) is 3.06. The van der Waals surface area contributed by atoms with Crippen LogP contribution in [0.3, 0.4) is 0 Å². The molecular formula is C11H18N4O. The molecule has 0 aromatic carbocycles. The monoisotopic (exact) mass is 222 g/mol. The lowest BCUT2D eigenvalue weighted by molar-refractivity contribution is -0.00234. The smallest absolute Gasteiger partial charge is 0.134 e. The van der Waals surface area contributed by atoms with Crippen LogP contribution in [0.25, 0.3) is 0 Å². The number of ether oxygens (including phenoxy) is 1. The van der Waals surface area contributed by atoms with Gasteiger partial charge >= 0.3 is 0 Å². The Balaban J connectivity index is 1.92. The van der Waals surface area contributed by atoms with E-state index in [1.54, 1.807) is 6.07 Å². The summed E-state index contributed by atoms with van der Waals surface area (Å²) in [6.07, 6.45) is 4.04. The molecule has 0 aliphatic heterocycles. The van der Waals surface area contributed by atoms with Crippen LogP contribution in [-0.2, 0) is 4.74 Å². The van der Waals surface area contributed by atoms with Crippen LogP contribution in [-0.4, -0.2) is 35.8 Å². The van der Waals surface area contributed by atoms with Crippen molar-refractivity contribution in [1.29, 1.82) is 0 Å². The average Bonchev–Trinajstić information content (AvgIpc) is 2.22. The highest BCUT2D eigenvalue weighted by Gasteiger charge is 2.33. The fraction of sp³-hybridized carbons (Fsp3) is 0.636. The summed E-state index contributed by atoms with van der Waals surface area (Å²) in [5.74, 6) is 1.39. The number of anilines is 2. The molecule has 0 atom stereocenters. The Kier molecular flexibility index (Phi) is 3.24. The van der Waals surface area contributed by atoms with Gasteiger partial charge in [0.1, 0.15) is 18.0 Å². The van der Waals surface area contributed by atoms with Gasteiger partial charge in [-0.25, -0.2) is 9.97 Å². The normalized spacial score (nSPS) is 23.9. The number of nitrogens with zero attached hydrogens (tertiary/aromatic N) is 3. The minimum absolute atomic E-state index is 0.414. The van der Waals surface area contributed by atoms with Gasteiger partial charge in [0.15, 0.2) is 0 Å². The molecule has 0 spiro atoms. The van der Waals surface area contributed by atoms with Crippen molar-refractivity contribution in [2.24, 2.45) is 0 Å². The van der Waals surface area contributed by atoms with Crippen molar-refractivity contribution in [3.63, 3.8) is 0 Å². The standard InChI is InChI=1S/C11H18N4O/c1-3-16-9-4-8(5-9)15(2)11-6-10(12)13-7-14-11/h6-9H,3-5H2,1-2H3,(H2,12,13,14). The van der Waals surface area contributed by atoms with Crippen LogP contribution >= 0.6 is 0 Å². The molecule has 2 rings (SSSR count). The van der Waals surface area contributed by atoms with Crippen LogP contribution in [0.15, 0.2) is 12.4 Å². The Labute approximate surface area is 95.6 Å². The van der Waals surface area contributed by atoms with E-state index in [1.165, 1.54) is 6.33 Å². The van der Waals surface area contributed by atoms with Gasteiger partial charge in [0, 0.05) is 25.8 Å². The Bertz CT molecular complexity index is 352. The summed E-state index contributed by atoms with van der Waals surface area (Å²) in [5, 5.41) is 0. The summed E-state index contributed by atoms with van der Waals surface area (Å²) < 4.78 is 5.53. The number of rotatable bonds is 4. The molecule has 5 heteroatoms. The second kappa shape index (κ2) is 4.65. The van der Waals surface area contributed by atoms with Gasteiger partial charge in [-0.1, -0.05) is 0 Å². The number of nitrogen functional groups attached to an aromatic ring is 1. The molecular weight excluding hydrogens is 204 g/mol. The van der Waals surface area contributed by atoms with Crippen LogP contribution in [0, 0.1) is 0 Å². The lowest BCUT2D eigenvalue weighted by atomic mass is 9.88. The molecule has 1 saturated carbocycles. The molecule has 0 saturated heterocycles. The third kappa shape index (κ3) is 2.24. The van der Waals surface area contributed by atoms with Gasteiger partial charge in [0.25, 0.3) is 0 Å². The largest absolute Gasteiger partial charge is 0.384 e. The van der Waals surface area contributed by atoms with Gasteiger partial charge in [-0.2, -0.15) is 0 Å². The van der Waals surface area contributed by atoms with Crippen LogP contribution in [0.4, 0.5) is 11.6 Å². The number of nitrogens with two attached hydrogens (primary N) is 1. The van der Waals surface area contributed by atoms with Gasteiger partial charge < -0.3 is 15.4 Å². The van der Waals surface area contributed by atoms with Crippen LogP contribution in [0.1, 0.15) is 19.8 Å². The van der Waals surface area contributed by atoms with Gasteiger partial charge in [-0.3, -0.25) is 0 Å². The van der Waals surface area contributed by atoms with Crippen LogP contribution in [0.2, 0.25) is 0 Å². The minimum atomic E-state index is 0.414. The first-order chi connectivity index (χ1) is 7.70. The lowest BCUT2D eigenvalue weighted by Crippen LogP contribution is -2.46. The number of hydrogen-bond acceptors (Lipinski definition) is 5. The van der Waals surface area contributed by atoms with Gasteiger partial charge in [-0.05, 0) is 19.8 Å². The molecule has 1 aliphatic rings. The van der Waals surface area contributed by atoms with Gasteiger partial charge in [0.05, 0.1) is 6.10 Å². The molecule has 1 aliphatic carbocycles. The van der Waals surface area contributed by atoms with E-state index in [-0.39, 0.29) is 0 Å². The molecule has 0 unspecified atom stereocenters. The molecule has 2 N–H and O–H groups in total. The number of hydrogen-bond donors (Lipinski definition) is 1. The van der Waals surface area contributed by atoms with Crippen molar-refractivity contribution in [3.8, 4) is 0 Å². The van der Waals surface area contributed by atoms with Crippen LogP contribution in [0.5, 0.6) is 0 Å². The Morgan fingerprint density at radius 2 is 2.25 bits per heavy atom. The predicted octanol–water partition coefficient (Wildman–Crippen LogP) is 1.06. The van der Waals surface area contributed by atoms with E-state index in [4.69, 9.17) is 10.5 Å². The molecule has 1 aromatic rings. The molecule has 1 aromatic heterocycles. The minimum Gasteiger partial charge on any atom is -0.384 e. The highest BCUT2D eigenvalue weighted by Crippen LogP contribution is 2.30. The highest BCUT2D eigenvalue weighted by molar-refractivity contribution is 5.46. The van der Waals surface area contributed by atoms with E-state index in [2.05, 4.69) is 14.9 Å². The van der Waals surface area contributed by atoms with E-state index < -0.39 is 0 Å². The van der Waals surface area contributed by atoms with E-state index in [0.29, 0.717) is 18.0 Å². The van der Waals surface area contributed by atoms with Crippen molar-refractivity contribution in [2.75, 3.05) is 24.3 Å². The van der Waals surface area contributed by atoms with Crippen molar-refractivity contribution >= 4 is 11.6 Å². The molecule has 0 amide bonds. The maximum Gasteiger partial charge on any atom is 0.134 e. The lowest BCUT2D eigenvalue weighted by Gasteiger charge is -2.41. The first-order valence-electron chi connectivity index (χ1n) is 5.62. The Hall–Kier alpha value is -1.36. The van der Waals surface area contributed by atoms with Crippen molar-refractivity contribution in [3.05, 3.63) is 12.4 Å². The summed E-state index contributed by atoms with van der Waals surface area (Å²) >= 11 is 0. The SMILES string of the molecule is CCOC1CC(N(C)c2cc(N)ncn2)C1. The average molecular weight is 222 g/mol. The fourth-order valence-corrected chi connectivity index (χ4v) is 1.97. The molecule has 88 valence electrons. The van der Waals surface area contributed by atoms with Crippen molar-refractivity contribution in [2.45, 2.75) is 31.9 Å². The predicted molar refractivity (Wildman–Crippen MR) is 63.3 cm³/mol. The van der Waals surface area contributed by atoms with E-state index in [1.807, 2.05) is 14.0 Å². The summed E-state index contributed by atoms with van der Waals surface area (Å²) in [5.41, 5.74) is 5.63. The third-order valence-electron chi connectivity index (χ3n) is 3.06. The molecule has 1 heterocycles. The highest BCUT2D eigenvalue weighted by atomic mass is 16.5. The topological polar surface area (TPSA) is 64.3 Å². The zero-order valence-electron chi connectivity index (χ0n) is 9.76. The summed E-state index contributed by atoms with van der Waals surface area (Å²) in [6, 6.07) is 2.31. The molecule has 1 fully saturated rings. The first kappa shape index (κ1) is 11.1. The van der Waals surface area contributed by atoms with E-state index in [9.17, 15) is 0 Å². The number of aromatic nitrogens is 2. The van der Waals surface area contributed by atoms with Crippen molar-refractivity contribution in [1.82, 2.24) is 9.97 Å². The summed E-state index contributed by atoms with van der Waals surface area (Å²) in [7, 11) is 2.04. The summed E-state index contributed by atoms with van der Waals surface area (Å²) in [6.45, 7) is 2.82. The maximum absolute atomic E-state index is 5.63. The van der Waals surface area contributed by atoms with Gasteiger partial charge in [-0.15, -0.1) is 0 Å². The molecule has 0 bridgehead atoms. The molecule has 16 heavy (non-hydrogen) atoms. The second-order valence-corrected chi connectivity index (χ2v) is 4.11. The zero-order chi connectivity index (χ0) is 11.5. The quantitative estimate of drug-likeness (QED) is 0.825. The molecule has 5 nitrogen and oxygen atoms in total. The second-order valence-electron chi connectivity index (χ2n) is 4.11. The Morgan fingerprint density at radius 1 is 1.50 bits per heavy atom. The fourth-order valence-electron chi connectivity index (χ4n) is 1.97. The first-order valence-corrected chi connectivity index (χ1v) is 5.62. The van der Waals surface area contributed by atoms with E-state index in [0.717, 1.165) is 25.3 Å².